The summed E-state index contributed by atoms with van der Waals surface area (Å²) in [6, 6.07) is 3.36. The maximum Gasteiger partial charge on any atom is 0.341 e. The van der Waals surface area contributed by atoms with Crippen LogP contribution in [0.5, 0.6) is 0 Å². The molecule has 0 spiro atoms. The molecule has 1 heterocycles. The third kappa shape index (κ3) is 3.21. The van der Waals surface area contributed by atoms with Crippen molar-refractivity contribution in [3.05, 3.63) is 23.9 Å². The Labute approximate surface area is 88.6 Å². The molecular weight excluding hydrogens is 194 g/mol. The molecular formula is C10H15N3O2. The number of nitrogens with two attached hydrogens (primary N) is 1. The summed E-state index contributed by atoms with van der Waals surface area (Å²) in [5, 5.41) is 2.97. The largest absolute Gasteiger partial charge is 0.462 e. The predicted molar refractivity (Wildman–Crippen MR) is 57.7 cm³/mol. The van der Waals surface area contributed by atoms with Gasteiger partial charge in [-0.15, -0.1) is 0 Å². The van der Waals surface area contributed by atoms with Gasteiger partial charge in [-0.1, -0.05) is 0 Å². The highest BCUT2D eigenvalue weighted by molar-refractivity contribution is 5.94. The van der Waals surface area contributed by atoms with Gasteiger partial charge in [-0.05, 0) is 19.1 Å². The van der Waals surface area contributed by atoms with Crippen molar-refractivity contribution < 1.29 is 9.53 Å². The maximum atomic E-state index is 11.5. The molecule has 5 nitrogen and oxygen atoms in total. The number of carbonyl (C=O) groups excluding carboxylic acids is 1. The number of rotatable bonds is 5. The summed E-state index contributed by atoms with van der Waals surface area (Å²) in [6.07, 6.45) is 1.61. The predicted octanol–water partition coefficient (Wildman–Crippen LogP) is 0.629. The van der Waals surface area contributed by atoms with Crippen LogP contribution in [0.3, 0.4) is 0 Å². The number of carbonyl (C=O) groups is 1. The fourth-order valence-electron chi connectivity index (χ4n) is 1.11. The van der Waals surface area contributed by atoms with E-state index in [1.807, 2.05) is 0 Å². The zero-order valence-electron chi connectivity index (χ0n) is 8.69. The molecule has 82 valence electrons. The second kappa shape index (κ2) is 5.98. The molecule has 5 heteroatoms. The van der Waals surface area contributed by atoms with Crippen molar-refractivity contribution in [1.82, 2.24) is 4.98 Å². The van der Waals surface area contributed by atoms with Crippen molar-refractivity contribution in [3.63, 3.8) is 0 Å². The molecule has 0 unspecified atom stereocenters. The van der Waals surface area contributed by atoms with Crippen LogP contribution in [0.25, 0.3) is 0 Å². The normalized spacial score (nSPS) is 9.73. The van der Waals surface area contributed by atoms with Crippen LogP contribution in [0, 0.1) is 0 Å². The SMILES string of the molecule is CCOC(=O)c1cccnc1NCCN. The molecule has 0 radical (unpaired) electrons. The van der Waals surface area contributed by atoms with Crippen molar-refractivity contribution in [2.24, 2.45) is 5.73 Å². The molecule has 0 aliphatic carbocycles. The second-order valence-corrected chi connectivity index (χ2v) is 2.84. The summed E-state index contributed by atoms with van der Waals surface area (Å²) in [5.74, 6) is 0.145. The Morgan fingerprint density at radius 2 is 2.47 bits per heavy atom. The van der Waals surface area contributed by atoms with E-state index in [9.17, 15) is 4.79 Å². The molecule has 0 bridgehead atoms. The quantitative estimate of drug-likeness (QED) is 0.695. The maximum absolute atomic E-state index is 11.5. The van der Waals surface area contributed by atoms with Crippen molar-refractivity contribution in [1.29, 1.82) is 0 Å². The van der Waals surface area contributed by atoms with Gasteiger partial charge in [-0.25, -0.2) is 9.78 Å². The van der Waals surface area contributed by atoms with Gasteiger partial charge in [0.25, 0.3) is 0 Å². The number of pyridine rings is 1. The first-order valence-corrected chi connectivity index (χ1v) is 4.85. The van der Waals surface area contributed by atoms with Crippen LogP contribution >= 0.6 is 0 Å². The number of hydrogen-bond donors (Lipinski definition) is 2. The minimum absolute atomic E-state index is 0.351. The van der Waals surface area contributed by atoms with Crippen LogP contribution < -0.4 is 11.1 Å². The Morgan fingerprint density at radius 1 is 1.67 bits per heavy atom. The molecule has 15 heavy (non-hydrogen) atoms. The van der Waals surface area contributed by atoms with E-state index in [1.54, 1.807) is 25.3 Å². The minimum Gasteiger partial charge on any atom is -0.462 e. The molecule has 1 rings (SSSR count). The highest BCUT2D eigenvalue weighted by Crippen LogP contribution is 2.12. The summed E-state index contributed by atoms with van der Waals surface area (Å²) >= 11 is 0. The van der Waals surface area contributed by atoms with E-state index in [1.165, 1.54) is 0 Å². The average Bonchev–Trinajstić information content (AvgIpc) is 2.27. The molecule has 0 fully saturated rings. The molecule has 0 aliphatic heterocycles. The first-order chi connectivity index (χ1) is 7.29. The molecule has 0 saturated heterocycles. The van der Waals surface area contributed by atoms with Gasteiger partial charge in [0.1, 0.15) is 11.4 Å². The molecule has 0 atom stereocenters. The first kappa shape index (κ1) is 11.5. The summed E-state index contributed by atoms with van der Waals surface area (Å²) in [7, 11) is 0. The van der Waals surface area contributed by atoms with Gasteiger partial charge in [0.15, 0.2) is 0 Å². The van der Waals surface area contributed by atoms with Crippen molar-refractivity contribution >= 4 is 11.8 Å². The number of aromatic nitrogens is 1. The third-order valence-electron chi connectivity index (χ3n) is 1.74. The number of nitrogens with zero attached hydrogens (tertiary/aromatic N) is 1. The highest BCUT2D eigenvalue weighted by Gasteiger charge is 2.12. The van der Waals surface area contributed by atoms with Crippen molar-refractivity contribution in [2.45, 2.75) is 6.92 Å². The smallest absolute Gasteiger partial charge is 0.341 e. The van der Waals surface area contributed by atoms with E-state index in [4.69, 9.17) is 10.5 Å². The number of esters is 1. The fraction of sp³-hybridized carbons (Fsp3) is 0.400. The van der Waals surface area contributed by atoms with Crippen LogP contribution in [0.2, 0.25) is 0 Å². The molecule has 0 saturated carbocycles. The van der Waals surface area contributed by atoms with Crippen molar-refractivity contribution in [3.8, 4) is 0 Å². The molecule has 1 aromatic rings. The van der Waals surface area contributed by atoms with Crippen molar-refractivity contribution in [2.75, 3.05) is 25.0 Å². The van der Waals surface area contributed by atoms with E-state index in [-0.39, 0.29) is 5.97 Å². The number of anilines is 1. The minimum atomic E-state index is -0.370. The second-order valence-electron chi connectivity index (χ2n) is 2.84. The average molecular weight is 209 g/mol. The van der Waals surface area contributed by atoms with E-state index < -0.39 is 0 Å². The third-order valence-corrected chi connectivity index (χ3v) is 1.74. The topological polar surface area (TPSA) is 77.2 Å². The Kier molecular flexibility index (Phi) is 4.56. The number of ether oxygens (including phenoxy) is 1. The standard InChI is InChI=1S/C10H15N3O2/c1-2-15-10(14)8-4-3-6-12-9(8)13-7-5-11/h3-4,6H,2,5,7,11H2,1H3,(H,12,13). The summed E-state index contributed by atoms with van der Waals surface area (Å²) < 4.78 is 4.90. The lowest BCUT2D eigenvalue weighted by atomic mass is 10.2. The van der Waals surface area contributed by atoms with Crippen LogP contribution in [0.1, 0.15) is 17.3 Å². The van der Waals surface area contributed by atoms with Crippen LogP contribution in [-0.4, -0.2) is 30.6 Å². The Bertz CT molecular complexity index is 328. The molecule has 0 aromatic carbocycles. The summed E-state index contributed by atoms with van der Waals surface area (Å²) in [5.41, 5.74) is 5.79. The van der Waals surface area contributed by atoms with Gasteiger partial charge in [0.05, 0.1) is 6.61 Å². The Morgan fingerprint density at radius 3 is 3.13 bits per heavy atom. The molecule has 0 amide bonds. The van der Waals surface area contributed by atoms with Crippen LogP contribution in [0.4, 0.5) is 5.82 Å². The first-order valence-electron chi connectivity index (χ1n) is 4.85. The van der Waals surface area contributed by atoms with Crippen LogP contribution in [-0.2, 0) is 4.74 Å². The molecule has 0 aliphatic rings. The van der Waals surface area contributed by atoms with E-state index in [0.717, 1.165) is 0 Å². The fourth-order valence-corrected chi connectivity index (χ4v) is 1.11. The van der Waals surface area contributed by atoms with Gasteiger partial charge in [-0.2, -0.15) is 0 Å². The lowest BCUT2D eigenvalue weighted by molar-refractivity contribution is 0.0527. The lowest BCUT2D eigenvalue weighted by Gasteiger charge is -2.08. The number of nitrogens with one attached hydrogen (secondary N) is 1. The summed E-state index contributed by atoms with van der Waals surface area (Å²) in [6.45, 7) is 3.17. The Hall–Kier alpha value is -1.62. The zero-order chi connectivity index (χ0) is 11.1. The van der Waals surface area contributed by atoms with Gasteiger partial charge in [0, 0.05) is 19.3 Å². The lowest BCUT2D eigenvalue weighted by Crippen LogP contribution is -2.17. The Balaban J connectivity index is 2.80. The van der Waals surface area contributed by atoms with Gasteiger partial charge >= 0.3 is 5.97 Å². The zero-order valence-corrected chi connectivity index (χ0v) is 8.69. The van der Waals surface area contributed by atoms with E-state index >= 15 is 0 Å². The molecule has 1 aromatic heterocycles. The van der Waals surface area contributed by atoms with Gasteiger partial charge in [-0.3, -0.25) is 0 Å². The van der Waals surface area contributed by atoms with E-state index in [2.05, 4.69) is 10.3 Å². The van der Waals surface area contributed by atoms with Gasteiger partial charge < -0.3 is 15.8 Å². The monoisotopic (exact) mass is 209 g/mol. The number of hydrogen-bond acceptors (Lipinski definition) is 5. The molecule has 3 N–H and O–H groups in total. The summed E-state index contributed by atoms with van der Waals surface area (Å²) in [4.78, 5) is 15.5. The van der Waals surface area contributed by atoms with E-state index in [0.29, 0.717) is 31.1 Å². The highest BCUT2D eigenvalue weighted by atomic mass is 16.5. The van der Waals surface area contributed by atoms with Gasteiger partial charge in [0.2, 0.25) is 0 Å². The van der Waals surface area contributed by atoms with Crippen LogP contribution in [0.15, 0.2) is 18.3 Å².